The summed E-state index contributed by atoms with van der Waals surface area (Å²) in [6.45, 7) is 5.55. The number of benzene rings is 1. The third kappa shape index (κ3) is 3.48. The smallest absolute Gasteiger partial charge is 0.382 e. The molecule has 0 heterocycles. The van der Waals surface area contributed by atoms with Crippen LogP contribution in [0.4, 0.5) is 32.0 Å². The van der Waals surface area contributed by atoms with Gasteiger partial charge < -0.3 is 11.1 Å². The molecule has 0 amide bonds. The van der Waals surface area contributed by atoms with Crippen molar-refractivity contribution in [1.82, 2.24) is 0 Å². The maximum Gasteiger partial charge on any atom is 0.416 e. The number of anilines is 1. The SMILES string of the molecule is CC1(C)[C@@H](Nc2cc(C(F)(F)F)cc(C(F)(F)F)c2)CC[C@@]1(C)N. The maximum absolute atomic E-state index is 12.9. The van der Waals surface area contributed by atoms with Gasteiger partial charge >= 0.3 is 12.4 Å². The number of hydrogen-bond acceptors (Lipinski definition) is 2. The van der Waals surface area contributed by atoms with E-state index in [1.807, 2.05) is 20.8 Å². The van der Waals surface area contributed by atoms with E-state index in [9.17, 15) is 26.3 Å². The molecule has 1 aromatic carbocycles. The Hall–Kier alpha value is -1.44. The van der Waals surface area contributed by atoms with Crippen LogP contribution >= 0.6 is 0 Å². The first-order chi connectivity index (χ1) is 10.6. The van der Waals surface area contributed by atoms with Crippen LogP contribution in [0.3, 0.4) is 0 Å². The molecule has 2 atom stereocenters. The van der Waals surface area contributed by atoms with Crippen molar-refractivity contribution in [1.29, 1.82) is 0 Å². The molecule has 24 heavy (non-hydrogen) atoms. The maximum atomic E-state index is 12.9. The van der Waals surface area contributed by atoms with Crippen LogP contribution in [0.25, 0.3) is 0 Å². The van der Waals surface area contributed by atoms with Crippen LogP contribution in [-0.2, 0) is 12.4 Å². The molecule has 8 heteroatoms. The number of halogens is 6. The van der Waals surface area contributed by atoms with Crippen molar-refractivity contribution in [3.05, 3.63) is 29.3 Å². The van der Waals surface area contributed by atoms with Crippen LogP contribution in [0.1, 0.15) is 44.7 Å². The van der Waals surface area contributed by atoms with Crippen molar-refractivity contribution >= 4 is 5.69 Å². The van der Waals surface area contributed by atoms with E-state index in [1.165, 1.54) is 0 Å². The van der Waals surface area contributed by atoms with Crippen LogP contribution in [0.2, 0.25) is 0 Å². The van der Waals surface area contributed by atoms with E-state index in [1.54, 1.807) is 0 Å². The first-order valence-electron chi connectivity index (χ1n) is 7.49. The summed E-state index contributed by atoms with van der Waals surface area (Å²) in [5.74, 6) is 0. The van der Waals surface area contributed by atoms with Crippen molar-refractivity contribution < 1.29 is 26.3 Å². The molecule has 1 aliphatic rings. The molecule has 0 spiro atoms. The zero-order valence-corrected chi connectivity index (χ0v) is 13.6. The lowest BCUT2D eigenvalue weighted by atomic mass is 9.75. The van der Waals surface area contributed by atoms with E-state index in [0.717, 1.165) is 0 Å². The molecule has 3 N–H and O–H groups in total. The van der Waals surface area contributed by atoms with E-state index in [2.05, 4.69) is 5.32 Å². The molecule has 0 unspecified atom stereocenters. The Balaban J connectivity index is 2.41. The molecule has 136 valence electrons. The lowest BCUT2D eigenvalue weighted by molar-refractivity contribution is -0.143. The summed E-state index contributed by atoms with van der Waals surface area (Å²) in [5, 5.41) is 2.83. The van der Waals surface area contributed by atoms with Crippen molar-refractivity contribution in [2.24, 2.45) is 11.1 Å². The van der Waals surface area contributed by atoms with Gasteiger partial charge in [0.25, 0.3) is 0 Å². The second kappa shape index (κ2) is 5.54. The molecule has 0 aromatic heterocycles. The first-order valence-corrected chi connectivity index (χ1v) is 7.49. The molecule has 1 saturated carbocycles. The zero-order chi connectivity index (χ0) is 18.6. The second-order valence-electron chi connectivity index (χ2n) is 7.17. The number of rotatable bonds is 2. The van der Waals surface area contributed by atoms with Gasteiger partial charge in [-0.25, -0.2) is 0 Å². The third-order valence-electron chi connectivity index (χ3n) is 5.22. The molecule has 0 aliphatic heterocycles. The average Bonchev–Trinajstić information content (AvgIpc) is 2.59. The number of nitrogens with one attached hydrogen (secondary N) is 1. The predicted octanol–water partition coefficient (Wildman–Crippen LogP) is 5.04. The molecule has 1 fully saturated rings. The Morgan fingerprint density at radius 2 is 1.42 bits per heavy atom. The second-order valence-corrected chi connectivity index (χ2v) is 7.17. The molecule has 1 aromatic rings. The van der Waals surface area contributed by atoms with Gasteiger partial charge in [-0.05, 0) is 38.0 Å². The molecular weight excluding hydrogens is 334 g/mol. The lowest BCUT2D eigenvalue weighted by Gasteiger charge is -2.39. The van der Waals surface area contributed by atoms with Gasteiger partial charge in [-0.2, -0.15) is 26.3 Å². The van der Waals surface area contributed by atoms with Gasteiger partial charge in [-0.1, -0.05) is 13.8 Å². The highest BCUT2D eigenvalue weighted by molar-refractivity contribution is 5.51. The minimum absolute atomic E-state index is 0.123. The fourth-order valence-corrected chi connectivity index (χ4v) is 3.02. The highest BCUT2D eigenvalue weighted by Crippen LogP contribution is 2.46. The zero-order valence-electron chi connectivity index (χ0n) is 13.6. The van der Waals surface area contributed by atoms with E-state index in [-0.39, 0.29) is 17.8 Å². The van der Waals surface area contributed by atoms with Gasteiger partial charge in [0, 0.05) is 22.7 Å². The van der Waals surface area contributed by atoms with Crippen molar-refractivity contribution in [3.8, 4) is 0 Å². The highest BCUT2D eigenvalue weighted by atomic mass is 19.4. The summed E-state index contributed by atoms with van der Waals surface area (Å²) in [4.78, 5) is 0. The Morgan fingerprint density at radius 1 is 0.958 bits per heavy atom. The van der Waals surface area contributed by atoms with Gasteiger partial charge in [0.15, 0.2) is 0 Å². The number of hydrogen-bond donors (Lipinski definition) is 2. The van der Waals surface area contributed by atoms with Gasteiger partial charge in [0.05, 0.1) is 11.1 Å². The summed E-state index contributed by atoms with van der Waals surface area (Å²) in [6.07, 6.45) is -8.52. The summed E-state index contributed by atoms with van der Waals surface area (Å²) in [7, 11) is 0. The Labute approximate surface area is 136 Å². The molecule has 1 aliphatic carbocycles. The Bertz CT molecular complexity index is 584. The van der Waals surface area contributed by atoms with Gasteiger partial charge in [-0.15, -0.1) is 0 Å². The summed E-state index contributed by atoms with van der Waals surface area (Å²) in [5.41, 5.74) is 2.30. The fourth-order valence-electron chi connectivity index (χ4n) is 3.02. The third-order valence-corrected chi connectivity index (χ3v) is 5.22. The van der Waals surface area contributed by atoms with Crippen molar-refractivity contribution in [2.75, 3.05) is 5.32 Å². The molecule has 0 bridgehead atoms. The van der Waals surface area contributed by atoms with Crippen LogP contribution < -0.4 is 11.1 Å². The predicted molar refractivity (Wildman–Crippen MR) is 79.5 cm³/mol. The van der Waals surface area contributed by atoms with E-state index < -0.39 is 34.4 Å². The van der Waals surface area contributed by atoms with Gasteiger partial charge in [-0.3, -0.25) is 0 Å². The van der Waals surface area contributed by atoms with Crippen molar-refractivity contribution in [3.63, 3.8) is 0 Å². The first kappa shape index (κ1) is 18.9. The minimum Gasteiger partial charge on any atom is -0.382 e. The van der Waals surface area contributed by atoms with Crippen molar-refractivity contribution in [2.45, 2.75) is 57.5 Å². The molecular formula is C16H20F6N2. The lowest BCUT2D eigenvalue weighted by Crippen LogP contribution is -2.51. The monoisotopic (exact) mass is 354 g/mol. The van der Waals surface area contributed by atoms with Crippen LogP contribution in [0, 0.1) is 5.41 Å². The standard InChI is InChI=1S/C16H20F6N2/c1-13(2)12(4-5-14(13,3)23)24-11-7-9(15(17,18)19)6-10(8-11)16(20,21)22/h6-8,12,24H,4-5,23H2,1-3H3/t12-,14+/m0/s1. The average molecular weight is 354 g/mol. The Morgan fingerprint density at radius 3 is 1.75 bits per heavy atom. The number of alkyl halides is 6. The highest BCUT2D eigenvalue weighted by Gasteiger charge is 2.49. The molecule has 2 rings (SSSR count). The summed E-state index contributed by atoms with van der Waals surface area (Å²) < 4.78 is 77.5. The topological polar surface area (TPSA) is 38.0 Å². The number of nitrogens with two attached hydrogens (primary N) is 1. The fraction of sp³-hybridized carbons (Fsp3) is 0.625. The largest absolute Gasteiger partial charge is 0.416 e. The van der Waals surface area contributed by atoms with E-state index >= 15 is 0 Å². The van der Waals surface area contributed by atoms with E-state index in [0.29, 0.717) is 25.0 Å². The molecule has 0 saturated heterocycles. The minimum atomic E-state index is -4.86. The normalized spacial score (nSPS) is 27.3. The summed E-state index contributed by atoms with van der Waals surface area (Å²) >= 11 is 0. The quantitative estimate of drug-likeness (QED) is 0.730. The summed E-state index contributed by atoms with van der Waals surface area (Å²) in [6, 6.07) is 1.21. The van der Waals surface area contributed by atoms with Gasteiger partial charge in [0.2, 0.25) is 0 Å². The molecule has 2 nitrogen and oxygen atoms in total. The van der Waals surface area contributed by atoms with Crippen LogP contribution in [0.15, 0.2) is 18.2 Å². The van der Waals surface area contributed by atoms with Gasteiger partial charge in [0.1, 0.15) is 0 Å². The molecule has 0 radical (unpaired) electrons. The van der Waals surface area contributed by atoms with Crippen LogP contribution in [-0.4, -0.2) is 11.6 Å². The Kier molecular flexibility index (Phi) is 4.36. The van der Waals surface area contributed by atoms with E-state index in [4.69, 9.17) is 5.73 Å². The van der Waals surface area contributed by atoms with Crippen LogP contribution in [0.5, 0.6) is 0 Å².